The maximum absolute atomic E-state index is 12.2. The topological polar surface area (TPSA) is 73.9 Å². The summed E-state index contributed by atoms with van der Waals surface area (Å²) in [6.07, 6.45) is 0.303. The highest BCUT2D eigenvalue weighted by molar-refractivity contribution is 5.81. The molecule has 1 amide bonds. The molecule has 6 nitrogen and oxygen atoms in total. The first-order valence-electron chi connectivity index (χ1n) is 7.90. The molecule has 0 saturated heterocycles. The highest BCUT2D eigenvalue weighted by Gasteiger charge is 2.29. The van der Waals surface area contributed by atoms with Crippen LogP contribution in [-0.2, 0) is 19.0 Å². The lowest BCUT2D eigenvalue weighted by molar-refractivity contribution is -0.162. The van der Waals surface area contributed by atoms with Crippen LogP contribution in [0.3, 0.4) is 0 Å². The highest BCUT2D eigenvalue weighted by Crippen LogP contribution is 2.15. The first kappa shape index (κ1) is 21.4. The minimum atomic E-state index is -0.808. The molecular weight excluding hydrogens is 298 g/mol. The highest BCUT2D eigenvalue weighted by atomic mass is 16.6. The van der Waals surface area contributed by atoms with E-state index in [1.807, 2.05) is 20.8 Å². The molecule has 0 aliphatic heterocycles. The van der Waals surface area contributed by atoms with E-state index < -0.39 is 29.8 Å². The first-order valence-corrected chi connectivity index (χ1v) is 7.90. The quantitative estimate of drug-likeness (QED) is 0.547. The zero-order valence-corrected chi connectivity index (χ0v) is 15.3. The number of alkyl carbamates (subject to hydrolysis) is 1. The third-order valence-corrected chi connectivity index (χ3v) is 2.94. The second-order valence-corrected chi connectivity index (χ2v) is 6.84. The lowest BCUT2D eigenvalue weighted by atomic mass is 10.0. The van der Waals surface area contributed by atoms with Crippen molar-refractivity contribution in [2.24, 2.45) is 5.92 Å². The van der Waals surface area contributed by atoms with Crippen LogP contribution in [0.4, 0.5) is 4.79 Å². The van der Waals surface area contributed by atoms with Gasteiger partial charge in [-0.3, -0.25) is 0 Å². The largest absolute Gasteiger partial charge is 0.458 e. The second kappa shape index (κ2) is 9.55. The minimum absolute atomic E-state index is 0.0764. The predicted molar refractivity (Wildman–Crippen MR) is 89.2 cm³/mol. The van der Waals surface area contributed by atoms with Crippen molar-refractivity contribution in [2.45, 2.75) is 72.3 Å². The van der Waals surface area contributed by atoms with Gasteiger partial charge in [0.15, 0.2) is 0 Å². The van der Waals surface area contributed by atoms with Crippen molar-refractivity contribution in [3.63, 3.8) is 0 Å². The number of rotatable bonds is 8. The molecule has 0 heterocycles. The van der Waals surface area contributed by atoms with Crippen LogP contribution in [0.2, 0.25) is 0 Å². The zero-order valence-electron chi connectivity index (χ0n) is 15.3. The minimum Gasteiger partial charge on any atom is -0.458 e. The van der Waals surface area contributed by atoms with Gasteiger partial charge in [-0.05, 0) is 40.5 Å². The first-order chi connectivity index (χ1) is 10.5. The van der Waals surface area contributed by atoms with E-state index in [0.717, 1.165) is 0 Å². The molecule has 1 N–H and O–H groups in total. The Morgan fingerprint density at radius 3 is 2.17 bits per heavy atom. The molecule has 3 atom stereocenters. The molecule has 0 saturated carbocycles. The van der Waals surface area contributed by atoms with Gasteiger partial charge in [0.2, 0.25) is 0 Å². The molecular formula is C17H31NO5. The Kier molecular flexibility index (Phi) is 8.90. The molecule has 0 aromatic rings. The number of esters is 1. The maximum atomic E-state index is 12.2. The summed E-state index contributed by atoms with van der Waals surface area (Å²) in [7, 11) is 0. The van der Waals surface area contributed by atoms with Gasteiger partial charge in [-0.2, -0.15) is 0 Å². The fraction of sp³-hybridized carbons (Fsp3) is 0.765. The predicted octanol–water partition coefficient (Wildman–Crippen LogP) is 3.06. The van der Waals surface area contributed by atoms with Gasteiger partial charge in [-0.1, -0.05) is 19.9 Å². The third kappa shape index (κ3) is 9.23. The molecule has 23 heavy (non-hydrogen) atoms. The average Bonchev–Trinajstić information content (AvgIpc) is 2.38. The summed E-state index contributed by atoms with van der Waals surface area (Å²) >= 11 is 0. The van der Waals surface area contributed by atoms with Gasteiger partial charge in [0.1, 0.15) is 17.7 Å². The summed E-state index contributed by atoms with van der Waals surface area (Å²) in [6.45, 7) is 16.5. The number of hydrogen-bond acceptors (Lipinski definition) is 5. The van der Waals surface area contributed by atoms with Crippen LogP contribution in [0, 0.1) is 5.92 Å². The van der Waals surface area contributed by atoms with Crippen molar-refractivity contribution in [2.75, 3.05) is 6.61 Å². The van der Waals surface area contributed by atoms with Gasteiger partial charge < -0.3 is 19.5 Å². The third-order valence-electron chi connectivity index (χ3n) is 2.94. The molecule has 0 aromatic heterocycles. The molecule has 0 aromatic carbocycles. The van der Waals surface area contributed by atoms with E-state index in [0.29, 0.717) is 6.61 Å². The smallest absolute Gasteiger partial charge is 0.408 e. The number of carbonyl (C=O) groups is 2. The summed E-state index contributed by atoms with van der Waals surface area (Å²) in [4.78, 5) is 23.9. The molecule has 0 fully saturated rings. The van der Waals surface area contributed by atoms with E-state index in [-0.39, 0.29) is 12.0 Å². The lowest BCUT2D eigenvalue weighted by Crippen LogP contribution is -2.45. The summed E-state index contributed by atoms with van der Waals surface area (Å²) in [5, 5.41) is 2.47. The Bertz CT molecular complexity index is 400. The molecule has 0 aliphatic rings. The second-order valence-electron chi connectivity index (χ2n) is 6.84. The van der Waals surface area contributed by atoms with Crippen molar-refractivity contribution in [3.05, 3.63) is 12.7 Å². The molecule has 134 valence electrons. The van der Waals surface area contributed by atoms with E-state index >= 15 is 0 Å². The van der Waals surface area contributed by atoms with E-state index in [2.05, 4.69) is 11.9 Å². The molecule has 1 unspecified atom stereocenters. The maximum Gasteiger partial charge on any atom is 0.408 e. The Balaban J connectivity index is 4.61. The van der Waals surface area contributed by atoms with Crippen molar-refractivity contribution in [1.82, 2.24) is 5.32 Å². The molecule has 0 rings (SSSR count). The number of nitrogens with one attached hydrogen (secondary N) is 1. The van der Waals surface area contributed by atoms with Gasteiger partial charge in [0, 0.05) is 0 Å². The monoisotopic (exact) mass is 329 g/mol. The van der Waals surface area contributed by atoms with Crippen molar-refractivity contribution < 1.29 is 23.8 Å². The van der Waals surface area contributed by atoms with E-state index in [1.165, 1.54) is 0 Å². The van der Waals surface area contributed by atoms with Crippen molar-refractivity contribution in [3.8, 4) is 0 Å². The Hall–Kier alpha value is -1.56. The van der Waals surface area contributed by atoms with Crippen LogP contribution in [0.1, 0.15) is 48.5 Å². The summed E-state index contributed by atoms with van der Waals surface area (Å²) < 4.78 is 16.1. The van der Waals surface area contributed by atoms with Crippen LogP contribution in [-0.4, -0.2) is 42.5 Å². The number of carbonyl (C=O) groups excluding carboxylic acids is 2. The van der Waals surface area contributed by atoms with Gasteiger partial charge in [0.25, 0.3) is 0 Å². The van der Waals surface area contributed by atoms with Crippen molar-refractivity contribution in [1.29, 1.82) is 0 Å². The van der Waals surface area contributed by atoms with Crippen LogP contribution >= 0.6 is 0 Å². The van der Waals surface area contributed by atoms with Crippen LogP contribution in [0.25, 0.3) is 0 Å². The Morgan fingerprint density at radius 1 is 1.17 bits per heavy atom. The van der Waals surface area contributed by atoms with E-state index in [1.54, 1.807) is 33.8 Å². The van der Waals surface area contributed by atoms with Crippen molar-refractivity contribution >= 4 is 12.1 Å². The fourth-order valence-corrected chi connectivity index (χ4v) is 1.87. The SMILES string of the molecule is C=CCO[C@@H](C)C(OC(=O)[C@H](C)NC(=O)OC(C)(C)C)C(C)C. The van der Waals surface area contributed by atoms with Gasteiger partial charge >= 0.3 is 12.1 Å². The van der Waals surface area contributed by atoms with Crippen LogP contribution in [0.5, 0.6) is 0 Å². The summed E-state index contributed by atoms with van der Waals surface area (Å²) in [6, 6.07) is -0.808. The Labute approximate surface area is 139 Å². The molecule has 6 heteroatoms. The molecule has 0 bridgehead atoms. The van der Waals surface area contributed by atoms with E-state index in [9.17, 15) is 9.59 Å². The standard InChI is InChI=1S/C17H31NO5/c1-9-10-21-13(5)14(11(2)3)22-15(19)12(4)18-16(20)23-17(6,7)8/h9,11-14H,1,10H2,2-8H3,(H,18,20)/t12-,13-,14?/m0/s1. The van der Waals surface area contributed by atoms with E-state index in [4.69, 9.17) is 14.2 Å². The number of hydrogen-bond donors (Lipinski definition) is 1. The fourth-order valence-electron chi connectivity index (χ4n) is 1.87. The number of ether oxygens (including phenoxy) is 3. The summed E-state index contributed by atoms with van der Waals surface area (Å²) in [5.74, 6) is -0.448. The molecule has 0 aliphatic carbocycles. The van der Waals surface area contributed by atoms with Gasteiger partial charge in [-0.25, -0.2) is 9.59 Å². The van der Waals surface area contributed by atoms with Gasteiger partial charge in [-0.15, -0.1) is 6.58 Å². The average molecular weight is 329 g/mol. The number of amides is 1. The lowest BCUT2D eigenvalue weighted by Gasteiger charge is -2.28. The molecule has 0 spiro atoms. The molecule has 0 radical (unpaired) electrons. The zero-order chi connectivity index (χ0) is 18.2. The van der Waals surface area contributed by atoms with Gasteiger partial charge in [0.05, 0.1) is 12.7 Å². The normalized spacial score (nSPS) is 15.5. The summed E-state index contributed by atoms with van der Waals surface area (Å²) in [5.41, 5.74) is -0.624. The van der Waals surface area contributed by atoms with Crippen LogP contribution < -0.4 is 5.32 Å². The Morgan fingerprint density at radius 2 is 1.74 bits per heavy atom. The van der Waals surface area contributed by atoms with Crippen LogP contribution in [0.15, 0.2) is 12.7 Å².